The van der Waals surface area contributed by atoms with Crippen LogP contribution in [-0.4, -0.2) is 99.3 Å². The number of nitrogens with two attached hydrogens (primary N) is 1. The van der Waals surface area contributed by atoms with Crippen LogP contribution >= 0.6 is 23.2 Å². The molecule has 12 nitrogen and oxygen atoms in total. The summed E-state index contributed by atoms with van der Waals surface area (Å²) in [6.07, 6.45) is -2.01. The van der Waals surface area contributed by atoms with E-state index in [9.17, 15) is 22.8 Å². The van der Waals surface area contributed by atoms with Crippen molar-refractivity contribution in [3.63, 3.8) is 0 Å². The number of hydrogen-bond acceptors (Lipinski definition) is 10. The zero-order valence-corrected chi connectivity index (χ0v) is 25.2. The number of nitrogen functional groups attached to an aromatic ring is 1. The van der Waals surface area contributed by atoms with Gasteiger partial charge in [-0.15, -0.1) is 10.2 Å². The topological polar surface area (TPSA) is 147 Å². The number of benzene rings is 1. The predicted octanol–water partition coefficient (Wildman–Crippen LogP) is 3.91. The summed E-state index contributed by atoms with van der Waals surface area (Å²) in [5.74, 6) is -1.91. The number of alkyl halides is 3. The first-order valence-electron chi connectivity index (χ1n) is 14.0. The van der Waals surface area contributed by atoms with Gasteiger partial charge in [0.2, 0.25) is 0 Å². The molecule has 17 heteroatoms. The second-order valence-electron chi connectivity index (χ2n) is 10.6. The summed E-state index contributed by atoms with van der Waals surface area (Å²) in [5.41, 5.74) is 6.68. The van der Waals surface area contributed by atoms with E-state index in [4.69, 9.17) is 33.4 Å². The molecule has 0 bridgehead atoms. The van der Waals surface area contributed by atoms with Gasteiger partial charge in [0.05, 0.1) is 0 Å². The maximum Gasteiger partial charge on any atom is 0.405 e. The van der Waals surface area contributed by atoms with Gasteiger partial charge in [-0.25, -0.2) is 9.97 Å². The highest BCUT2D eigenvalue weighted by Crippen LogP contribution is 2.32. The van der Waals surface area contributed by atoms with Crippen molar-refractivity contribution in [1.29, 1.82) is 0 Å². The number of nitrogens with one attached hydrogen (secondary N) is 1. The highest BCUT2D eigenvalue weighted by atomic mass is 35.5. The smallest absolute Gasteiger partial charge is 0.405 e. The van der Waals surface area contributed by atoms with E-state index in [1.54, 1.807) is 29.6 Å². The van der Waals surface area contributed by atoms with Crippen molar-refractivity contribution < 1.29 is 27.2 Å². The standard InChI is InChI=1S/C27H30Cl2F3N9O3/c1-2-17-13-40(11-12-41(17)18-7-9-39(10-8-18)26(43)15-3-5-16(28)6-4-15)22-20(29)35-19(21(33)36-22)24-37-38-25(44-24)23(42)34-14-27(30,31)32/h3-6,17-18H,2,7-14H2,1H3,(H2,33,36)(H,34,42). The third-order valence-corrected chi connectivity index (χ3v) is 8.25. The quantitative estimate of drug-likeness (QED) is 0.384. The van der Waals surface area contributed by atoms with Crippen LogP contribution in [0.1, 0.15) is 47.2 Å². The number of rotatable bonds is 7. The van der Waals surface area contributed by atoms with Gasteiger partial charge in [-0.2, -0.15) is 13.2 Å². The summed E-state index contributed by atoms with van der Waals surface area (Å²) in [4.78, 5) is 39.9. The highest BCUT2D eigenvalue weighted by molar-refractivity contribution is 6.32. The predicted molar refractivity (Wildman–Crippen MR) is 157 cm³/mol. The van der Waals surface area contributed by atoms with Crippen molar-refractivity contribution in [2.24, 2.45) is 0 Å². The Kier molecular flexibility index (Phi) is 9.46. The highest BCUT2D eigenvalue weighted by Gasteiger charge is 2.36. The second kappa shape index (κ2) is 13.1. The lowest BCUT2D eigenvalue weighted by atomic mass is 9.97. The van der Waals surface area contributed by atoms with E-state index in [0.29, 0.717) is 48.6 Å². The van der Waals surface area contributed by atoms with Crippen LogP contribution in [0.2, 0.25) is 10.2 Å². The largest absolute Gasteiger partial charge is 0.410 e. The van der Waals surface area contributed by atoms with Crippen LogP contribution in [0.3, 0.4) is 0 Å². The lowest BCUT2D eigenvalue weighted by Gasteiger charge is -2.47. The molecule has 44 heavy (non-hydrogen) atoms. The first-order valence-corrected chi connectivity index (χ1v) is 14.8. The van der Waals surface area contributed by atoms with Crippen molar-refractivity contribution in [2.45, 2.75) is 44.4 Å². The monoisotopic (exact) mass is 655 g/mol. The van der Waals surface area contributed by atoms with Crippen LogP contribution in [-0.2, 0) is 0 Å². The van der Waals surface area contributed by atoms with E-state index in [1.165, 1.54) is 0 Å². The van der Waals surface area contributed by atoms with Gasteiger partial charge in [-0.3, -0.25) is 14.5 Å². The Balaban J connectivity index is 1.21. The summed E-state index contributed by atoms with van der Waals surface area (Å²) < 4.78 is 42.4. The minimum Gasteiger partial charge on any atom is -0.410 e. The first-order chi connectivity index (χ1) is 20.9. The molecule has 0 spiro atoms. The molecule has 2 aromatic heterocycles. The SMILES string of the molecule is CCC1CN(c2nc(N)c(-c3nnc(C(=O)NCC(F)(F)F)o3)nc2Cl)CCN1C1CCN(C(=O)c2ccc(Cl)cc2)CC1. The minimum atomic E-state index is -4.60. The van der Waals surface area contributed by atoms with Crippen LogP contribution in [0.25, 0.3) is 11.6 Å². The molecule has 2 saturated heterocycles. The fourth-order valence-electron chi connectivity index (χ4n) is 5.53. The number of carbonyl (C=O) groups excluding carboxylic acids is 2. The Morgan fingerprint density at radius 2 is 1.77 bits per heavy atom. The van der Waals surface area contributed by atoms with E-state index >= 15 is 0 Å². The fourth-order valence-corrected chi connectivity index (χ4v) is 5.90. The van der Waals surface area contributed by atoms with E-state index < -0.39 is 24.5 Å². The number of hydrogen-bond donors (Lipinski definition) is 2. The van der Waals surface area contributed by atoms with E-state index in [-0.39, 0.29) is 34.5 Å². The molecule has 2 amide bonds. The van der Waals surface area contributed by atoms with Crippen molar-refractivity contribution in [3.05, 3.63) is 45.9 Å². The molecule has 3 N–H and O–H groups in total. The Labute approximate surface area is 260 Å². The maximum atomic E-state index is 12.9. The zero-order chi connectivity index (χ0) is 31.6. The number of carbonyl (C=O) groups is 2. The fraction of sp³-hybridized carbons (Fsp3) is 0.481. The molecule has 2 aliphatic heterocycles. The molecule has 0 aliphatic carbocycles. The zero-order valence-electron chi connectivity index (χ0n) is 23.7. The van der Waals surface area contributed by atoms with Crippen molar-refractivity contribution in [3.8, 4) is 11.6 Å². The average Bonchev–Trinajstić information content (AvgIpc) is 3.50. The van der Waals surface area contributed by atoms with E-state index in [1.807, 2.05) is 9.80 Å². The molecule has 4 heterocycles. The van der Waals surface area contributed by atoms with Crippen LogP contribution in [0, 0.1) is 0 Å². The molecular formula is C27H30Cl2F3N9O3. The lowest BCUT2D eigenvalue weighted by molar-refractivity contribution is -0.123. The van der Waals surface area contributed by atoms with Gasteiger partial charge in [0, 0.05) is 55.4 Å². The molecule has 236 valence electrons. The Hall–Kier alpha value is -3.69. The number of piperidine rings is 1. The molecule has 0 radical (unpaired) electrons. The molecule has 1 aromatic carbocycles. The molecule has 3 aromatic rings. The van der Waals surface area contributed by atoms with Crippen LogP contribution < -0.4 is 16.0 Å². The normalized spacial score (nSPS) is 18.5. The number of piperazine rings is 1. The summed E-state index contributed by atoms with van der Waals surface area (Å²) in [7, 11) is 0. The van der Waals surface area contributed by atoms with Gasteiger partial charge in [0.15, 0.2) is 22.5 Å². The van der Waals surface area contributed by atoms with Gasteiger partial charge in [0.1, 0.15) is 6.54 Å². The third-order valence-electron chi connectivity index (χ3n) is 7.75. The van der Waals surface area contributed by atoms with Crippen LogP contribution in [0.4, 0.5) is 24.8 Å². The van der Waals surface area contributed by atoms with E-state index in [2.05, 4.69) is 32.0 Å². The molecule has 5 rings (SSSR count). The minimum absolute atomic E-state index is 0.00713. The number of amides is 2. The van der Waals surface area contributed by atoms with Crippen LogP contribution in [0.5, 0.6) is 0 Å². The first kappa shape index (κ1) is 31.7. The lowest BCUT2D eigenvalue weighted by Crippen LogP contribution is -2.58. The van der Waals surface area contributed by atoms with E-state index in [0.717, 1.165) is 25.8 Å². The van der Waals surface area contributed by atoms with Gasteiger partial charge >= 0.3 is 18.0 Å². The third kappa shape index (κ3) is 7.16. The number of nitrogens with zero attached hydrogens (tertiary/aromatic N) is 7. The Morgan fingerprint density at radius 3 is 2.43 bits per heavy atom. The molecule has 1 unspecified atom stereocenters. The maximum absolute atomic E-state index is 12.9. The number of aromatic nitrogens is 4. The van der Waals surface area contributed by atoms with Crippen molar-refractivity contribution in [1.82, 2.24) is 35.3 Å². The molecular weight excluding hydrogens is 626 g/mol. The van der Waals surface area contributed by atoms with Crippen molar-refractivity contribution >= 4 is 46.7 Å². The number of halogens is 5. The Bertz CT molecular complexity index is 1500. The molecule has 2 fully saturated rings. The summed E-state index contributed by atoms with van der Waals surface area (Å²) in [6.45, 7) is 3.87. The second-order valence-corrected chi connectivity index (χ2v) is 11.4. The van der Waals surface area contributed by atoms with Gasteiger partial charge in [0.25, 0.3) is 11.8 Å². The van der Waals surface area contributed by atoms with Gasteiger partial charge in [-0.1, -0.05) is 30.1 Å². The van der Waals surface area contributed by atoms with Crippen LogP contribution in [0.15, 0.2) is 28.7 Å². The summed E-state index contributed by atoms with van der Waals surface area (Å²) in [5, 5.41) is 9.41. The Morgan fingerprint density at radius 1 is 1.07 bits per heavy atom. The van der Waals surface area contributed by atoms with Gasteiger partial charge < -0.3 is 25.3 Å². The average molecular weight is 656 g/mol. The molecule has 0 saturated carbocycles. The molecule has 2 aliphatic rings. The van der Waals surface area contributed by atoms with Crippen molar-refractivity contribution in [2.75, 3.05) is 49.9 Å². The molecule has 1 atom stereocenters. The van der Waals surface area contributed by atoms with Gasteiger partial charge in [-0.05, 0) is 43.5 Å². The summed E-state index contributed by atoms with van der Waals surface area (Å²) in [6, 6.07) is 7.45. The number of likely N-dealkylation sites (tertiary alicyclic amines) is 1. The summed E-state index contributed by atoms with van der Waals surface area (Å²) >= 11 is 12.5. The number of anilines is 2.